The Morgan fingerprint density at radius 2 is 2.07 bits per heavy atom. The van der Waals surface area contributed by atoms with Crippen LogP contribution in [0.3, 0.4) is 0 Å². The summed E-state index contributed by atoms with van der Waals surface area (Å²) in [6.07, 6.45) is 9.26. The highest BCUT2D eigenvalue weighted by molar-refractivity contribution is 5.25. The summed E-state index contributed by atoms with van der Waals surface area (Å²) in [5, 5.41) is 0. The molecule has 0 amide bonds. The number of hydrogen-bond donors (Lipinski definition) is 0. The molecule has 1 aromatic rings. The van der Waals surface area contributed by atoms with E-state index in [9.17, 15) is 0 Å². The highest BCUT2D eigenvalue weighted by Crippen LogP contribution is 2.48. The molecule has 1 aromatic heterocycles. The van der Waals surface area contributed by atoms with Crippen LogP contribution in [0.15, 0.2) is 18.3 Å². The van der Waals surface area contributed by atoms with E-state index in [1.807, 2.05) is 13.1 Å². The quantitative estimate of drug-likeness (QED) is 0.651. The average molecular weight is 200 g/mol. The molecule has 0 radical (unpaired) electrons. The number of aryl methyl sites for hydroxylation is 2. The summed E-state index contributed by atoms with van der Waals surface area (Å²) >= 11 is 0. The minimum atomic E-state index is 0.632. The van der Waals surface area contributed by atoms with E-state index in [-0.39, 0.29) is 0 Å². The van der Waals surface area contributed by atoms with E-state index in [0.29, 0.717) is 5.92 Å². The zero-order valence-corrected chi connectivity index (χ0v) is 9.27. The number of allylic oxidation sites excluding steroid dienone is 2. The Hall–Kier alpha value is -1.18. The van der Waals surface area contributed by atoms with Crippen LogP contribution in [0.2, 0.25) is 0 Å². The van der Waals surface area contributed by atoms with Crippen molar-refractivity contribution in [2.75, 3.05) is 0 Å². The van der Waals surface area contributed by atoms with Gasteiger partial charge in [-0.15, -0.1) is 0 Å². The monoisotopic (exact) mass is 200 g/mol. The van der Waals surface area contributed by atoms with Crippen LogP contribution in [-0.2, 0) is 0 Å². The van der Waals surface area contributed by atoms with Crippen molar-refractivity contribution in [3.05, 3.63) is 35.4 Å². The van der Waals surface area contributed by atoms with Gasteiger partial charge < -0.3 is 0 Å². The van der Waals surface area contributed by atoms with Crippen molar-refractivity contribution in [1.82, 2.24) is 9.97 Å². The van der Waals surface area contributed by atoms with E-state index < -0.39 is 0 Å². The average Bonchev–Trinajstić information content (AvgIpc) is 2.78. The Labute approximate surface area is 90.5 Å². The van der Waals surface area contributed by atoms with Gasteiger partial charge in [0.1, 0.15) is 0 Å². The van der Waals surface area contributed by atoms with E-state index in [1.54, 1.807) is 0 Å². The van der Waals surface area contributed by atoms with Crippen molar-refractivity contribution >= 4 is 0 Å². The van der Waals surface area contributed by atoms with Crippen molar-refractivity contribution in [2.24, 2.45) is 11.8 Å². The lowest BCUT2D eigenvalue weighted by molar-refractivity contribution is 0.562. The number of hydrogen-bond acceptors (Lipinski definition) is 2. The Balaban J connectivity index is 1.97. The fourth-order valence-corrected chi connectivity index (χ4v) is 3.07. The molecule has 0 N–H and O–H groups in total. The molecule has 0 saturated heterocycles. The van der Waals surface area contributed by atoms with Gasteiger partial charge in [0, 0.05) is 12.1 Å². The first kappa shape index (κ1) is 9.08. The van der Waals surface area contributed by atoms with Gasteiger partial charge in [-0.05, 0) is 38.5 Å². The lowest BCUT2D eigenvalue weighted by Gasteiger charge is -2.18. The summed E-state index contributed by atoms with van der Waals surface area (Å²) in [5.41, 5.74) is 3.38. The standard InChI is InChI=1S/C13H16N2/c1-8-7-14-13(9(2)15-8)12-6-10-3-4-11(12)5-10/h3-4,7,10-12H,5-6H2,1-2H3/t10-,11+,12+/m0/s1. The molecule has 2 aliphatic carbocycles. The molecule has 0 aromatic carbocycles. The maximum absolute atomic E-state index is 4.58. The molecular weight excluding hydrogens is 184 g/mol. The topological polar surface area (TPSA) is 25.8 Å². The van der Waals surface area contributed by atoms with Gasteiger partial charge in [0.15, 0.2) is 0 Å². The molecule has 2 nitrogen and oxygen atoms in total. The van der Waals surface area contributed by atoms with E-state index in [4.69, 9.17) is 0 Å². The zero-order valence-electron chi connectivity index (χ0n) is 9.27. The lowest BCUT2D eigenvalue weighted by Crippen LogP contribution is -2.10. The molecule has 2 bridgehead atoms. The predicted molar refractivity (Wildman–Crippen MR) is 59.6 cm³/mol. The maximum Gasteiger partial charge on any atom is 0.0653 e. The molecule has 1 fully saturated rings. The van der Waals surface area contributed by atoms with Crippen LogP contribution in [0, 0.1) is 25.7 Å². The fraction of sp³-hybridized carbons (Fsp3) is 0.538. The van der Waals surface area contributed by atoms with Crippen LogP contribution in [-0.4, -0.2) is 9.97 Å². The summed E-state index contributed by atoms with van der Waals surface area (Å²) in [6.45, 7) is 4.09. The molecule has 15 heavy (non-hydrogen) atoms. The van der Waals surface area contributed by atoms with Crippen LogP contribution >= 0.6 is 0 Å². The van der Waals surface area contributed by atoms with Crippen molar-refractivity contribution in [3.8, 4) is 0 Å². The van der Waals surface area contributed by atoms with Crippen LogP contribution in [0.4, 0.5) is 0 Å². The first-order valence-electron chi connectivity index (χ1n) is 5.72. The third kappa shape index (κ3) is 1.39. The van der Waals surface area contributed by atoms with E-state index in [0.717, 1.165) is 23.2 Å². The second-order valence-electron chi connectivity index (χ2n) is 4.87. The highest BCUT2D eigenvalue weighted by atomic mass is 14.8. The summed E-state index contributed by atoms with van der Waals surface area (Å²) in [4.78, 5) is 9.10. The molecular formula is C13H16N2. The SMILES string of the molecule is Cc1cnc([C@@H]2C[C@H]3C=C[C@@H]2C3)c(C)n1. The van der Waals surface area contributed by atoms with Gasteiger partial charge in [0.2, 0.25) is 0 Å². The lowest BCUT2D eigenvalue weighted by atomic mass is 9.89. The molecule has 0 unspecified atom stereocenters. The molecule has 2 heteroatoms. The number of fused-ring (bicyclic) bond motifs is 2. The normalized spacial score (nSPS) is 32.5. The fourth-order valence-electron chi connectivity index (χ4n) is 3.07. The second-order valence-corrected chi connectivity index (χ2v) is 4.87. The Bertz CT molecular complexity index is 423. The first-order valence-corrected chi connectivity index (χ1v) is 5.72. The zero-order chi connectivity index (χ0) is 10.4. The van der Waals surface area contributed by atoms with Crippen molar-refractivity contribution < 1.29 is 0 Å². The molecule has 0 spiro atoms. The van der Waals surface area contributed by atoms with Crippen molar-refractivity contribution in [3.63, 3.8) is 0 Å². The van der Waals surface area contributed by atoms with E-state index in [1.165, 1.54) is 18.5 Å². The van der Waals surface area contributed by atoms with Gasteiger partial charge in [-0.1, -0.05) is 12.2 Å². The van der Waals surface area contributed by atoms with Gasteiger partial charge in [-0.3, -0.25) is 9.97 Å². The first-order chi connectivity index (χ1) is 7.24. The molecule has 1 saturated carbocycles. The number of aromatic nitrogens is 2. The Morgan fingerprint density at radius 3 is 2.67 bits per heavy atom. The van der Waals surface area contributed by atoms with Gasteiger partial charge >= 0.3 is 0 Å². The Kier molecular flexibility index (Phi) is 1.91. The van der Waals surface area contributed by atoms with Gasteiger partial charge in [0.05, 0.1) is 17.1 Å². The van der Waals surface area contributed by atoms with Crippen LogP contribution in [0.5, 0.6) is 0 Å². The molecule has 1 heterocycles. The molecule has 3 atom stereocenters. The Morgan fingerprint density at radius 1 is 1.20 bits per heavy atom. The maximum atomic E-state index is 4.58. The summed E-state index contributed by atoms with van der Waals surface area (Å²) < 4.78 is 0. The number of nitrogens with zero attached hydrogens (tertiary/aromatic N) is 2. The summed E-state index contributed by atoms with van der Waals surface area (Å²) in [5.74, 6) is 2.17. The van der Waals surface area contributed by atoms with Crippen molar-refractivity contribution in [2.45, 2.75) is 32.6 Å². The minimum absolute atomic E-state index is 0.632. The largest absolute Gasteiger partial charge is 0.257 e. The van der Waals surface area contributed by atoms with Crippen molar-refractivity contribution in [1.29, 1.82) is 0 Å². The third-order valence-corrected chi connectivity index (χ3v) is 3.74. The summed E-state index contributed by atoms with van der Waals surface area (Å²) in [7, 11) is 0. The van der Waals surface area contributed by atoms with Crippen LogP contribution < -0.4 is 0 Å². The smallest absolute Gasteiger partial charge is 0.0653 e. The highest BCUT2D eigenvalue weighted by Gasteiger charge is 2.37. The third-order valence-electron chi connectivity index (χ3n) is 3.74. The number of rotatable bonds is 1. The summed E-state index contributed by atoms with van der Waals surface area (Å²) in [6, 6.07) is 0. The second kappa shape index (κ2) is 3.16. The van der Waals surface area contributed by atoms with Gasteiger partial charge in [-0.25, -0.2) is 0 Å². The van der Waals surface area contributed by atoms with Crippen LogP contribution in [0.25, 0.3) is 0 Å². The molecule has 3 rings (SSSR count). The predicted octanol–water partition coefficient (Wildman–Crippen LogP) is 2.77. The van der Waals surface area contributed by atoms with Gasteiger partial charge in [0.25, 0.3) is 0 Å². The van der Waals surface area contributed by atoms with E-state index >= 15 is 0 Å². The molecule has 0 aliphatic heterocycles. The van der Waals surface area contributed by atoms with E-state index in [2.05, 4.69) is 29.0 Å². The van der Waals surface area contributed by atoms with Gasteiger partial charge in [-0.2, -0.15) is 0 Å². The molecule has 78 valence electrons. The minimum Gasteiger partial charge on any atom is -0.257 e. The molecule has 2 aliphatic rings. The van der Waals surface area contributed by atoms with Crippen LogP contribution in [0.1, 0.15) is 35.8 Å².